The number of rotatable bonds is 14. The summed E-state index contributed by atoms with van der Waals surface area (Å²) >= 11 is 1.34. The topological polar surface area (TPSA) is 126 Å². The SMILES string of the molecule is CC(C)[C@@H](NC1C=CC(CNC(=O)[C@@H]2SCCN2C(=O)C[C@H](N)Cc2cc(F)c(F)cc2F)=CC1)C(=O)OCCN1CCOCC1. The van der Waals surface area contributed by atoms with Gasteiger partial charge in [-0.05, 0) is 36.0 Å². The fraction of sp³-hybridized carbons (Fsp3) is 0.594. The van der Waals surface area contributed by atoms with Crippen molar-refractivity contribution in [1.29, 1.82) is 0 Å². The summed E-state index contributed by atoms with van der Waals surface area (Å²) < 4.78 is 51.7. The minimum atomic E-state index is -1.29. The maximum atomic E-state index is 14.0. The van der Waals surface area contributed by atoms with Gasteiger partial charge in [-0.1, -0.05) is 32.1 Å². The van der Waals surface area contributed by atoms with Crippen molar-refractivity contribution in [2.24, 2.45) is 11.7 Å². The molecule has 2 saturated heterocycles. The lowest BCUT2D eigenvalue weighted by molar-refractivity contribution is -0.148. The van der Waals surface area contributed by atoms with Crippen LogP contribution in [0.25, 0.3) is 0 Å². The molecule has 10 nitrogen and oxygen atoms in total. The maximum Gasteiger partial charge on any atom is 0.323 e. The first kappa shape index (κ1) is 35.9. The third-order valence-corrected chi connectivity index (χ3v) is 9.36. The van der Waals surface area contributed by atoms with Crippen LogP contribution in [0.15, 0.2) is 35.9 Å². The zero-order chi connectivity index (χ0) is 33.2. The summed E-state index contributed by atoms with van der Waals surface area (Å²) in [6, 6.07) is -0.164. The summed E-state index contributed by atoms with van der Waals surface area (Å²) in [7, 11) is 0. The average molecular weight is 668 g/mol. The first-order valence-corrected chi connectivity index (χ1v) is 16.7. The molecule has 1 aromatic rings. The van der Waals surface area contributed by atoms with Gasteiger partial charge in [0, 0.05) is 63.0 Å². The second-order valence-corrected chi connectivity index (χ2v) is 13.2. The molecule has 2 heterocycles. The molecule has 3 aliphatic rings. The van der Waals surface area contributed by atoms with E-state index in [-0.39, 0.29) is 54.7 Å². The van der Waals surface area contributed by atoms with E-state index in [1.807, 2.05) is 32.1 Å². The van der Waals surface area contributed by atoms with Crippen LogP contribution in [0.4, 0.5) is 13.2 Å². The van der Waals surface area contributed by atoms with E-state index in [1.165, 1.54) is 16.7 Å². The summed E-state index contributed by atoms with van der Waals surface area (Å²) in [5.41, 5.74) is 6.83. The van der Waals surface area contributed by atoms with Gasteiger partial charge >= 0.3 is 5.97 Å². The predicted molar refractivity (Wildman–Crippen MR) is 169 cm³/mol. The maximum absolute atomic E-state index is 14.0. The zero-order valence-corrected chi connectivity index (χ0v) is 27.1. The van der Waals surface area contributed by atoms with Gasteiger partial charge in [-0.2, -0.15) is 0 Å². The number of nitrogens with zero attached hydrogens (tertiary/aromatic N) is 2. The lowest BCUT2D eigenvalue weighted by Crippen LogP contribution is -2.48. The molecule has 14 heteroatoms. The molecule has 0 bridgehead atoms. The van der Waals surface area contributed by atoms with Gasteiger partial charge in [0.05, 0.1) is 13.2 Å². The van der Waals surface area contributed by atoms with Crippen LogP contribution in [0, 0.1) is 23.4 Å². The summed E-state index contributed by atoms with van der Waals surface area (Å²) in [6.45, 7) is 8.65. The quantitative estimate of drug-likeness (QED) is 0.202. The lowest BCUT2D eigenvalue weighted by Gasteiger charge is -2.28. The van der Waals surface area contributed by atoms with Crippen molar-refractivity contribution in [3.05, 3.63) is 58.9 Å². The van der Waals surface area contributed by atoms with Crippen molar-refractivity contribution in [1.82, 2.24) is 20.4 Å². The third-order valence-electron chi connectivity index (χ3n) is 8.16. The van der Waals surface area contributed by atoms with E-state index in [2.05, 4.69) is 15.5 Å². The van der Waals surface area contributed by atoms with Crippen LogP contribution in [0.5, 0.6) is 0 Å². The minimum Gasteiger partial charge on any atom is -0.463 e. The van der Waals surface area contributed by atoms with Crippen LogP contribution in [0.3, 0.4) is 0 Å². The number of thioether (sulfide) groups is 1. The monoisotopic (exact) mass is 667 g/mol. The smallest absolute Gasteiger partial charge is 0.323 e. The van der Waals surface area contributed by atoms with E-state index in [9.17, 15) is 27.6 Å². The van der Waals surface area contributed by atoms with Gasteiger partial charge in [-0.15, -0.1) is 11.8 Å². The fourth-order valence-corrected chi connectivity index (χ4v) is 6.67. The van der Waals surface area contributed by atoms with E-state index in [0.29, 0.717) is 51.2 Å². The Kier molecular flexibility index (Phi) is 13.5. The number of nitrogens with one attached hydrogen (secondary N) is 2. The van der Waals surface area contributed by atoms with Crippen LogP contribution in [0.1, 0.15) is 32.3 Å². The molecule has 1 unspecified atom stereocenters. The Balaban J connectivity index is 1.20. The van der Waals surface area contributed by atoms with E-state index in [4.69, 9.17) is 15.2 Å². The number of carbonyl (C=O) groups is 3. The van der Waals surface area contributed by atoms with Gasteiger partial charge in [0.2, 0.25) is 5.91 Å². The van der Waals surface area contributed by atoms with Crippen molar-refractivity contribution in [2.45, 2.75) is 56.6 Å². The van der Waals surface area contributed by atoms with Crippen molar-refractivity contribution in [3.63, 3.8) is 0 Å². The summed E-state index contributed by atoms with van der Waals surface area (Å²) in [5, 5.41) is 5.55. The predicted octanol–water partition coefficient (Wildman–Crippen LogP) is 2.13. The number of halogens is 3. The first-order valence-electron chi connectivity index (χ1n) is 15.7. The molecule has 2 amide bonds. The van der Waals surface area contributed by atoms with Gasteiger partial charge in [0.1, 0.15) is 18.5 Å². The highest BCUT2D eigenvalue weighted by Gasteiger charge is 2.35. The number of nitrogens with two attached hydrogens (primary N) is 1. The normalized spacial score (nSPS) is 21.6. The third kappa shape index (κ3) is 10.3. The molecule has 2 fully saturated rings. The van der Waals surface area contributed by atoms with Crippen LogP contribution < -0.4 is 16.4 Å². The number of hydrogen-bond acceptors (Lipinski definition) is 9. The van der Waals surface area contributed by atoms with Crippen molar-refractivity contribution in [2.75, 3.05) is 58.3 Å². The molecule has 0 aromatic heterocycles. The molecule has 0 saturated carbocycles. The Morgan fingerprint density at radius 2 is 1.85 bits per heavy atom. The number of esters is 1. The van der Waals surface area contributed by atoms with Crippen LogP contribution in [-0.2, 0) is 30.3 Å². The molecular weight excluding hydrogens is 623 g/mol. The molecule has 4 N–H and O–H groups in total. The van der Waals surface area contributed by atoms with Gasteiger partial charge in [-0.3, -0.25) is 24.6 Å². The Labute approximate surface area is 272 Å². The Morgan fingerprint density at radius 1 is 1.11 bits per heavy atom. The van der Waals surface area contributed by atoms with Gasteiger partial charge in [-0.25, -0.2) is 13.2 Å². The fourth-order valence-electron chi connectivity index (χ4n) is 5.51. The molecular formula is C32H44F3N5O5S. The van der Waals surface area contributed by atoms with E-state index < -0.39 is 34.9 Å². The second-order valence-electron chi connectivity index (χ2n) is 12.0. The molecule has 1 aliphatic carbocycles. The summed E-state index contributed by atoms with van der Waals surface area (Å²) in [6.07, 6.45) is 6.17. The second kappa shape index (κ2) is 17.3. The van der Waals surface area contributed by atoms with Gasteiger partial charge in [0.15, 0.2) is 17.0 Å². The van der Waals surface area contributed by atoms with Crippen molar-refractivity contribution >= 4 is 29.5 Å². The number of hydrogen-bond donors (Lipinski definition) is 3. The van der Waals surface area contributed by atoms with Gasteiger partial charge in [0.25, 0.3) is 5.91 Å². The van der Waals surface area contributed by atoms with Crippen molar-refractivity contribution in [3.8, 4) is 0 Å². The molecule has 2 aliphatic heterocycles. The Hall–Kier alpha value is -2.91. The molecule has 46 heavy (non-hydrogen) atoms. The van der Waals surface area contributed by atoms with Crippen LogP contribution in [0.2, 0.25) is 0 Å². The largest absolute Gasteiger partial charge is 0.463 e. The van der Waals surface area contributed by atoms with E-state index in [1.54, 1.807) is 0 Å². The van der Waals surface area contributed by atoms with Crippen LogP contribution in [-0.4, -0.2) is 109 Å². The highest BCUT2D eigenvalue weighted by atomic mass is 32.2. The molecule has 0 spiro atoms. The summed E-state index contributed by atoms with van der Waals surface area (Å²) in [5.74, 6) is -3.77. The van der Waals surface area contributed by atoms with E-state index in [0.717, 1.165) is 24.7 Å². The molecule has 0 radical (unpaired) electrons. The summed E-state index contributed by atoms with van der Waals surface area (Å²) in [4.78, 5) is 42.5. The molecule has 4 rings (SSSR count). The number of benzene rings is 1. The van der Waals surface area contributed by atoms with E-state index >= 15 is 0 Å². The van der Waals surface area contributed by atoms with Gasteiger partial charge < -0.3 is 25.4 Å². The highest BCUT2D eigenvalue weighted by Crippen LogP contribution is 2.26. The Bertz CT molecular complexity index is 1290. The van der Waals surface area contributed by atoms with Crippen molar-refractivity contribution < 1.29 is 37.0 Å². The number of ether oxygens (including phenoxy) is 2. The average Bonchev–Trinajstić information content (AvgIpc) is 3.53. The number of morpholine rings is 1. The minimum absolute atomic E-state index is 0.0325. The zero-order valence-electron chi connectivity index (χ0n) is 26.3. The highest BCUT2D eigenvalue weighted by molar-refractivity contribution is 8.00. The van der Waals surface area contributed by atoms with Crippen LogP contribution >= 0.6 is 11.8 Å². The molecule has 4 atom stereocenters. The Morgan fingerprint density at radius 3 is 2.54 bits per heavy atom. The molecule has 1 aromatic carbocycles. The molecule has 254 valence electrons. The number of carbonyl (C=O) groups excluding carboxylic acids is 3. The lowest BCUT2D eigenvalue weighted by atomic mass is 9.98. The first-order chi connectivity index (χ1) is 22.0. The standard InChI is InChI=1S/C32H44F3N5O5S/c1-20(2)29(32(43)45-13-9-39-7-11-44-12-8-39)38-24-5-3-21(4-6-24)19-37-30(42)31-40(10-14-46-31)28(41)17-23(36)15-22-16-26(34)27(35)18-25(22)33/h3-5,16,18,20,23-24,29,31,38H,6-15,17,19,36H2,1-2H3,(H,37,42)/t23-,24?,29-,31+/m1/s1. The number of amides is 2.